The molecule has 1 aliphatic heterocycles. The second-order valence-corrected chi connectivity index (χ2v) is 7.18. The van der Waals surface area contributed by atoms with E-state index < -0.39 is 0 Å². The molecule has 1 atom stereocenters. The van der Waals surface area contributed by atoms with Gasteiger partial charge in [-0.1, -0.05) is 17.3 Å². The maximum Gasteiger partial charge on any atom is 0.227 e. The monoisotopic (exact) mass is 398 g/mol. The van der Waals surface area contributed by atoms with Gasteiger partial charge in [0.25, 0.3) is 0 Å². The molecule has 2 aromatic heterocycles. The zero-order chi connectivity index (χ0) is 20.4. The minimum Gasteiger partial charge on any atom is -0.339 e. The van der Waals surface area contributed by atoms with Crippen LogP contribution in [0, 0.1) is 12.7 Å². The number of carbonyl (C=O) groups excluding carboxylic acids is 1. The Kier molecular flexibility index (Phi) is 5.39. The third-order valence-electron chi connectivity index (χ3n) is 5.17. The summed E-state index contributed by atoms with van der Waals surface area (Å²) in [4.78, 5) is 23.4. The molecule has 1 aliphatic rings. The van der Waals surface area contributed by atoms with Crippen LogP contribution in [0.25, 0.3) is 11.4 Å². The van der Waals surface area contributed by atoms with Crippen molar-refractivity contribution in [2.24, 2.45) is 7.05 Å². The van der Waals surface area contributed by atoms with Gasteiger partial charge in [-0.15, -0.1) is 0 Å². The summed E-state index contributed by atoms with van der Waals surface area (Å²) in [5.74, 6) is 1.23. The van der Waals surface area contributed by atoms with Crippen LogP contribution >= 0.6 is 0 Å². The molecule has 3 aromatic rings. The number of rotatable bonds is 5. The lowest BCUT2D eigenvalue weighted by atomic mass is 10.1. The topological polar surface area (TPSA) is 89.1 Å². The molecule has 152 valence electrons. The standard InChI is InChI=1S/C20H23FN6O2/c1-13-3-4-14(11-15(13)21)19-24-17(29-25-19)5-6-18(28)27-10-7-22-12-16(27)20-23-8-9-26(20)2/h3-4,8-9,11,16,22H,5-7,10,12H2,1-2H3. The molecule has 1 aromatic carbocycles. The van der Waals surface area contributed by atoms with Gasteiger partial charge in [0.15, 0.2) is 0 Å². The van der Waals surface area contributed by atoms with Gasteiger partial charge in [-0.25, -0.2) is 9.37 Å². The smallest absolute Gasteiger partial charge is 0.227 e. The van der Waals surface area contributed by atoms with Crippen LogP contribution in [0.2, 0.25) is 0 Å². The van der Waals surface area contributed by atoms with Crippen LogP contribution in [0.15, 0.2) is 35.1 Å². The van der Waals surface area contributed by atoms with Gasteiger partial charge >= 0.3 is 0 Å². The summed E-state index contributed by atoms with van der Waals surface area (Å²) in [6.07, 6.45) is 4.20. The van der Waals surface area contributed by atoms with E-state index in [1.54, 1.807) is 25.3 Å². The van der Waals surface area contributed by atoms with Gasteiger partial charge in [0.2, 0.25) is 17.6 Å². The van der Waals surface area contributed by atoms with Crippen LogP contribution < -0.4 is 5.32 Å². The van der Waals surface area contributed by atoms with Crippen LogP contribution in [0.3, 0.4) is 0 Å². The Hall–Kier alpha value is -3.07. The number of benzene rings is 1. The number of hydrogen-bond acceptors (Lipinski definition) is 6. The fraction of sp³-hybridized carbons (Fsp3) is 0.400. The fourth-order valence-corrected chi connectivity index (χ4v) is 3.49. The predicted molar refractivity (Wildman–Crippen MR) is 103 cm³/mol. The second-order valence-electron chi connectivity index (χ2n) is 7.18. The van der Waals surface area contributed by atoms with Gasteiger partial charge in [-0.2, -0.15) is 4.98 Å². The van der Waals surface area contributed by atoms with Gasteiger partial charge in [0.1, 0.15) is 17.7 Å². The Morgan fingerprint density at radius 1 is 1.41 bits per heavy atom. The highest BCUT2D eigenvalue weighted by Crippen LogP contribution is 2.23. The molecular formula is C20H23FN6O2. The average molecular weight is 398 g/mol. The lowest BCUT2D eigenvalue weighted by Crippen LogP contribution is -2.49. The fourth-order valence-electron chi connectivity index (χ4n) is 3.49. The molecule has 0 spiro atoms. The molecule has 1 amide bonds. The number of amides is 1. The SMILES string of the molecule is Cc1ccc(-c2noc(CCC(=O)N3CCNCC3c3nccn3C)n2)cc1F. The van der Waals surface area contributed by atoms with Crippen LogP contribution in [0.1, 0.15) is 29.7 Å². The van der Waals surface area contributed by atoms with Crippen molar-refractivity contribution in [3.8, 4) is 11.4 Å². The molecule has 1 unspecified atom stereocenters. The van der Waals surface area contributed by atoms with Gasteiger partial charge in [0, 0.05) is 57.5 Å². The predicted octanol–water partition coefficient (Wildman–Crippen LogP) is 2.02. The second kappa shape index (κ2) is 8.12. The minimum atomic E-state index is -0.317. The van der Waals surface area contributed by atoms with Gasteiger partial charge < -0.3 is 19.3 Å². The Morgan fingerprint density at radius 2 is 2.28 bits per heavy atom. The van der Waals surface area contributed by atoms with Crippen molar-refractivity contribution < 1.29 is 13.7 Å². The van der Waals surface area contributed by atoms with E-state index in [0.717, 1.165) is 12.4 Å². The summed E-state index contributed by atoms with van der Waals surface area (Å²) < 4.78 is 21.0. The van der Waals surface area contributed by atoms with Crippen molar-refractivity contribution in [1.82, 2.24) is 29.9 Å². The summed E-state index contributed by atoms with van der Waals surface area (Å²) in [7, 11) is 1.92. The third-order valence-corrected chi connectivity index (χ3v) is 5.17. The Morgan fingerprint density at radius 3 is 3.03 bits per heavy atom. The number of nitrogens with one attached hydrogen (secondary N) is 1. The van der Waals surface area contributed by atoms with Crippen LogP contribution in [-0.4, -0.2) is 50.1 Å². The Labute approximate surface area is 167 Å². The molecule has 3 heterocycles. The van der Waals surface area contributed by atoms with Crippen molar-refractivity contribution in [1.29, 1.82) is 0 Å². The van der Waals surface area contributed by atoms with Crippen LogP contribution in [0.4, 0.5) is 4.39 Å². The molecule has 29 heavy (non-hydrogen) atoms. The third kappa shape index (κ3) is 4.04. The number of carbonyl (C=O) groups is 1. The molecule has 1 fully saturated rings. The first kappa shape index (κ1) is 19.3. The number of aryl methyl sites for hydroxylation is 3. The highest BCUT2D eigenvalue weighted by atomic mass is 19.1. The number of piperazine rings is 1. The van der Waals surface area contributed by atoms with E-state index in [-0.39, 0.29) is 24.2 Å². The molecule has 4 rings (SSSR count). The highest BCUT2D eigenvalue weighted by Gasteiger charge is 2.30. The number of imidazole rings is 1. The molecule has 1 saturated heterocycles. The molecule has 9 heteroatoms. The normalized spacial score (nSPS) is 16.9. The van der Waals surface area contributed by atoms with Crippen LogP contribution in [0.5, 0.6) is 0 Å². The Balaban J connectivity index is 1.42. The van der Waals surface area contributed by atoms with E-state index in [1.807, 2.05) is 22.7 Å². The van der Waals surface area contributed by atoms with Crippen molar-refractivity contribution in [2.45, 2.75) is 25.8 Å². The summed E-state index contributed by atoms with van der Waals surface area (Å²) in [5, 5.41) is 7.23. The molecule has 0 bridgehead atoms. The largest absolute Gasteiger partial charge is 0.339 e. The first-order valence-electron chi connectivity index (χ1n) is 9.59. The van der Waals surface area contributed by atoms with Crippen molar-refractivity contribution >= 4 is 5.91 Å². The van der Waals surface area contributed by atoms with E-state index in [0.29, 0.717) is 42.4 Å². The number of aromatic nitrogens is 4. The first-order chi connectivity index (χ1) is 14.0. The van der Waals surface area contributed by atoms with Gasteiger partial charge in [-0.3, -0.25) is 4.79 Å². The molecular weight excluding hydrogens is 375 g/mol. The number of nitrogens with zero attached hydrogens (tertiary/aromatic N) is 5. The van der Waals surface area contributed by atoms with Gasteiger partial charge in [0.05, 0.1) is 0 Å². The van der Waals surface area contributed by atoms with Crippen molar-refractivity contribution in [3.05, 3.63) is 53.7 Å². The van der Waals surface area contributed by atoms with Crippen molar-refractivity contribution in [2.75, 3.05) is 19.6 Å². The maximum absolute atomic E-state index is 13.8. The molecule has 8 nitrogen and oxygen atoms in total. The summed E-state index contributed by atoms with van der Waals surface area (Å²) in [5.41, 5.74) is 1.10. The molecule has 0 saturated carbocycles. The number of hydrogen-bond donors (Lipinski definition) is 1. The van der Waals surface area contributed by atoms with E-state index in [2.05, 4.69) is 20.4 Å². The lowest BCUT2D eigenvalue weighted by molar-refractivity contribution is -0.134. The summed E-state index contributed by atoms with van der Waals surface area (Å²) in [6.45, 7) is 3.73. The van der Waals surface area contributed by atoms with Crippen molar-refractivity contribution in [3.63, 3.8) is 0 Å². The molecule has 1 N–H and O–H groups in total. The quantitative estimate of drug-likeness (QED) is 0.707. The van der Waals surface area contributed by atoms with E-state index in [1.165, 1.54) is 6.07 Å². The maximum atomic E-state index is 13.8. The Bertz CT molecular complexity index is 1010. The summed E-state index contributed by atoms with van der Waals surface area (Å²) in [6, 6.07) is 4.70. The highest BCUT2D eigenvalue weighted by molar-refractivity contribution is 5.77. The van der Waals surface area contributed by atoms with E-state index in [4.69, 9.17) is 4.52 Å². The van der Waals surface area contributed by atoms with Crippen LogP contribution in [-0.2, 0) is 18.3 Å². The minimum absolute atomic E-state index is 0.0145. The zero-order valence-corrected chi connectivity index (χ0v) is 16.4. The average Bonchev–Trinajstić information content (AvgIpc) is 3.37. The molecule has 0 radical (unpaired) electrons. The zero-order valence-electron chi connectivity index (χ0n) is 16.4. The lowest BCUT2D eigenvalue weighted by Gasteiger charge is -2.35. The van der Waals surface area contributed by atoms with E-state index >= 15 is 0 Å². The number of halogens is 1. The van der Waals surface area contributed by atoms with E-state index in [9.17, 15) is 9.18 Å². The molecule has 0 aliphatic carbocycles. The van der Waals surface area contributed by atoms with Gasteiger partial charge in [-0.05, 0) is 18.6 Å². The first-order valence-corrected chi connectivity index (χ1v) is 9.59. The summed E-state index contributed by atoms with van der Waals surface area (Å²) >= 11 is 0.